The fourth-order valence-corrected chi connectivity index (χ4v) is 6.03. The molecule has 0 radical (unpaired) electrons. The SMILES string of the molecule is CCCC(O)(CC)N(COP(=O)(OCN(C(C)O)C(O)(CC)CCC)OCN(C(C)O)C(O)(CC)CCC)C(C)O. The maximum absolute atomic E-state index is 14.1. The van der Waals surface area contributed by atoms with Crippen LogP contribution in [0.2, 0.25) is 0 Å². The first-order valence-corrected chi connectivity index (χ1v) is 16.5. The summed E-state index contributed by atoms with van der Waals surface area (Å²) in [6, 6.07) is 0. The average Bonchev–Trinajstić information content (AvgIpc) is 2.88. The first kappa shape index (κ1) is 40.8. The van der Waals surface area contributed by atoms with E-state index in [0.29, 0.717) is 38.5 Å². The Labute approximate surface area is 247 Å². The molecular weight excluding hydrogens is 557 g/mol. The Kier molecular flexibility index (Phi) is 18.4. The first-order valence-electron chi connectivity index (χ1n) is 15.0. The van der Waals surface area contributed by atoms with Crippen molar-refractivity contribution >= 4 is 7.82 Å². The van der Waals surface area contributed by atoms with Gasteiger partial charge in [0, 0.05) is 0 Å². The molecule has 41 heavy (non-hydrogen) atoms. The molecule has 0 aliphatic heterocycles. The van der Waals surface area contributed by atoms with Gasteiger partial charge in [-0.2, -0.15) is 0 Å². The van der Waals surface area contributed by atoms with E-state index < -0.39 is 63.9 Å². The third kappa shape index (κ3) is 12.0. The smallest absolute Gasteiger partial charge is 0.379 e. The topological polar surface area (TPSA) is 176 Å². The van der Waals surface area contributed by atoms with Crippen LogP contribution in [0.5, 0.6) is 0 Å². The summed E-state index contributed by atoms with van der Waals surface area (Å²) < 4.78 is 31.0. The van der Waals surface area contributed by atoms with Crippen molar-refractivity contribution in [3.05, 3.63) is 0 Å². The molecule has 0 saturated carbocycles. The van der Waals surface area contributed by atoms with Crippen LogP contribution in [-0.4, -0.2) is 101 Å². The molecule has 13 nitrogen and oxygen atoms in total. The van der Waals surface area contributed by atoms with Crippen LogP contribution in [0.4, 0.5) is 0 Å². The molecule has 0 rings (SSSR count). The van der Waals surface area contributed by atoms with Crippen molar-refractivity contribution in [1.82, 2.24) is 14.7 Å². The molecular formula is C27H60N3O10P. The third-order valence-electron chi connectivity index (χ3n) is 7.67. The molecule has 0 bridgehead atoms. The molecule has 6 N–H and O–H groups in total. The second-order valence-corrected chi connectivity index (χ2v) is 12.5. The standard InChI is InChI=1S/C27H60N3O10P/c1-10-16-25(34,13-4)28(22(7)31)19-38-41(37,39-20-29(23(8)32)26(35,14-5)17-11-2)40-21-30(24(9)33)27(36,15-6)18-12-3/h22-24,31-36H,10-21H2,1-9H3. The highest BCUT2D eigenvalue weighted by atomic mass is 31.2. The maximum Gasteiger partial charge on any atom is 0.478 e. The van der Waals surface area contributed by atoms with Gasteiger partial charge in [0.15, 0.2) is 0 Å². The Morgan fingerprint density at radius 1 is 0.561 bits per heavy atom. The van der Waals surface area contributed by atoms with Crippen LogP contribution in [0.25, 0.3) is 0 Å². The van der Waals surface area contributed by atoms with Gasteiger partial charge in [0.1, 0.15) is 56.1 Å². The Morgan fingerprint density at radius 2 is 0.780 bits per heavy atom. The Morgan fingerprint density at radius 3 is 0.927 bits per heavy atom. The lowest BCUT2D eigenvalue weighted by Crippen LogP contribution is -2.54. The summed E-state index contributed by atoms with van der Waals surface area (Å²) in [6.07, 6.45) is -0.119. The number of hydrogen-bond donors (Lipinski definition) is 6. The minimum Gasteiger partial charge on any atom is -0.379 e. The van der Waals surface area contributed by atoms with E-state index in [4.69, 9.17) is 13.6 Å². The van der Waals surface area contributed by atoms with E-state index in [1.807, 2.05) is 20.8 Å². The number of phosphoric ester groups is 1. The number of aliphatic hydroxyl groups excluding tert-OH is 3. The maximum atomic E-state index is 14.1. The van der Waals surface area contributed by atoms with Crippen molar-refractivity contribution in [2.45, 2.75) is 156 Å². The van der Waals surface area contributed by atoms with Gasteiger partial charge in [-0.3, -0.25) is 13.6 Å². The number of aliphatic hydroxyl groups is 6. The van der Waals surface area contributed by atoms with Crippen LogP contribution in [0.3, 0.4) is 0 Å². The summed E-state index contributed by atoms with van der Waals surface area (Å²) in [5, 5.41) is 64.9. The van der Waals surface area contributed by atoms with Crippen molar-refractivity contribution in [3.8, 4) is 0 Å². The zero-order valence-electron chi connectivity index (χ0n) is 26.8. The first-order chi connectivity index (χ1) is 19.0. The Balaban J connectivity index is 6.36. The molecule has 0 aromatic heterocycles. The summed E-state index contributed by atoms with van der Waals surface area (Å²) in [4.78, 5) is 3.69. The van der Waals surface area contributed by atoms with Crippen LogP contribution in [0.15, 0.2) is 0 Å². The highest BCUT2D eigenvalue weighted by Crippen LogP contribution is 2.51. The molecule has 6 atom stereocenters. The predicted molar refractivity (Wildman–Crippen MR) is 156 cm³/mol. The normalized spacial score (nSPS) is 20.8. The third-order valence-corrected chi connectivity index (χ3v) is 8.97. The van der Waals surface area contributed by atoms with Gasteiger partial charge in [-0.15, -0.1) is 0 Å². The van der Waals surface area contributed by atoms with Gasteiger partial charge in [-0.25, -0.2) is 19.3 Å². The van der Waals surface area contributed by atoms with E-state index in [0.717, 1.165) is 0 Å². The minimum absolute atomic E-state index is 0.244. The van der Waals surface area contributed by atoms with Gasteiger partial charge < -0.3 is 30.6 Å². The van der Waals surface area contributed by atoms with Crippen LogP contribution in [-0.2, 0) is 18.1 Å². The largest absolute Gasteiger partial charge is 0.478 e. The van der Waals surface area contributed by atoms with E-state index in [1.165, 1.54) is 35.5 Å². The molecule has 0 aromatic rings. The number of nitrogens with zero attached hydrogens (tertiary/aromatic N) is 3. The average molecular weight is 618 g/mol. The van der Waals surface area contributed by atoms with Gasteiger partial charge in [0.05, 0.1) is 0 Å². The fourth-order valence-electron chi connectivity index (χ4n) is 5.01. The summed E-state index contributed by atoms with van der Waals surface area (Å²) >= 11 is 0. The molecule has 0 heterocycles. The molecule has 6 unspecified atom stereocenters. The molecule has 0 aromatic carbocycles. The summed E-state index contributed by atoms with van der Waals surface area (Å²) in [5.41, 5.74) is -4.42. The van der Waals surface area contributed by atoms with Crippen LogP contribution < -0.4 is 0 Å². The van der Waals surface area contributed by atoms with E-state index in [2.05, 4.69) is 0 Å². The van der Waals surface area contributed by atoms with Crippen LogP contribution in [0.1, 0.15) is 120 Å². The van der Waals surface area contributed by atoms with Gasteiger partial charge in [0.2, 0.25) is 0 Å². The van der Waals surface area contributed by atoms with Crippen LogP contribution in [0, 0.1) is 0 Å². The quantitative estimate of drug-likeness (QED) is 0.0685. The molecule has 14 heteroatoms. The second-order valence-electron chi connectivity index (χ2n) is 10.8. The summed E-state index contributed by atoms with van der Waals surface area (Å²) in [6.45, 7) is 13.5. The van der Waals surface area contributed by atoms with Gasteiger partial charge >= 0.3 is 7.82 Å². The highest BCUT2D eigenvalue weighted by molar-refractivity contribution is 7.48. The number of rotatable bonds is 24. The van der Waals surface area contributed by atoms with Crippen molar-refractivity contribution in [2.24, 2.45) is 0 Å². The molecule has 0 fully saturated rings. The molecule has 248 valence electrons. The lowest BCUT2D eigenvalue weighted by atomic mass is 10.0. The predicted octanol–water partition coefficient (Wildman–Crippen LogP) is 3.63. The Bertz CT molecular complexity index is 670. The Hall–Kier alpha value is -0.250. The molecule has 0 aliphatic rings. The lowest BCUT2D eigenvalue weighted by molar-refractivity contribution is -0.216. The molecule has 0 amide bonds. The van der Waals surface area contributed by atoms with Gasteiger partial charge in [-0.1, -0.05) is 60.8 Å². The van der Waals surface area contributed by atoms with E-state index in [-0.39, 0.29) is 19.3 Å². The van der Waals surface area contributed by atoms with Crippen molar-refractivity contribution in [1.29, 1.82) is 0 Å². The van der Waals surface area contributed by atoms with Gasteiger partial charge in [0.25, 0.3) is 0 Å². The second kappa shape index (κ2) is 18.5. The summed E-state index contributed by atoms with van der Waals surface area (Å²) in [5.74, 6) is 0. The zero-order valence-corrected chi connectivity index (χ0v) is 27.7. The number of hydrogen-bond acceptors (Lipinski definition) is 13. The summed E-state index contributed by atoms with van der Waals surface area (Å²) in [7, 11) is -4.59. The zero-order chi connectivity index (χ0) is 32.1. The lowest BCUT2D eigenvalue weighted by Gasteiger charge is -2.43. The number of phosphoric acid groups is 1. The molecule has 0 saturated heterocycles. The van der Waals surface area contributed by atoms with Crippen molar-refractivity contribution in [2.75, 3.05) is 20.2 Å². The molecule has 0 aliphatic carbocycles. The van der Waals surface area contributed by atoms with E-state index in [1.54, 1.807) is 20.8 Å². The van der Waals surface area contributed by atoms with Gasteiger partial charge in [-0.05, 0) is 59.3 Å². The van der Waals surface area contributed by atoms with Crippen molar-refractivity contribution < 1.29 is 48.8 Å². The fraction of sp³-hybridized carbons (Fsp3) is 1.00. The monoisotopic (exact) mass is 617 g/mol. The van der Waals surface area contributed by atoms with Crippen molar-refractivity contribution in [3.63, 3.8) is 0 Å². The van der Waals surface area contributed by atoms with Crippen LogP contribution >= 0.6 is 7.82 Å². The minimum atomic E-state index is -4.59. The highest BCUT2D eigenvalue weighted by Gasteiger charge is 2.42. The van der Waals surface area contributed by atoms with E-state index >= 15 is 0 Å². The van der Waals surface area contributed by atoms with E-state index in [9.17, 15) is 35.2 Å². The molecule has 0 spiro atoms.